The average molecular weight is 355 g/mol. The van der Waals surface area contributed by atoms with E-state index in [2.05, 4.69) is 5.32 Å². The molecule has 0 spiro atoms. The van der Waals surface area contributed by atoms with Crippen molar-refractivity contribution in [3.05, 3.63) is 64.7 Å². The number of ether oxygens (including phenoxy) is 2. The number of esters is 1. The Morgan fingerprint density at radius 3 is 2.42 bits per heavy atom. The summed E-state index contributed by atoms with van der Waals surface area (Å²) in [5, 5.41) is 2.74. The number of hydrogen-bond acceptors (Lipinski definition) is 4. The molecule has 0 aromatic heterocycles. The first-order valence-corrected chi connectivity index (χ1v) is 8.62. The Balaban J connectivity index is 1.64. The third-order valence-corrected chi connectivity index (χ3v) is 4.18. The van der Waals surface area contributed by atoms with Crippen LogP contribution in [0.1, 0.15) is 22.3 Å². The summed E-state index contributed by atoms with van der Waals surface area (Å²) in [6.07, 6.45) is 0.738. The standard InChI is InChI=1S/C21H25NO4/c1-15-8-9-19(12-17(15)3)25-14-21(24)26-13-20(23)22-11-10-18-7-5-4-6-16(18)2/h4-9,12H,10-11,13-14H2,1-3H3,(H,22,23). The molecule has 2 aromatic rings. The molecule has 5 heteroatoms. The van der Waals surface area contributed by atoms with Gasteiger partial charge in [-0.25, -0.2) is 4.79 Å². The third kappa shape index (κ3) is 6.24. The maximum atomic E-state index is 11.7. The number of hydrogen-bond donors (Lipinski definition) is 1. The highest BCUT2D eigenvalue weighted by molar-refractivity contribution is 5.80. The number of carbonyl (C=O) groups is 2. The van der Waals surface area contributed by atoms with Crippen molar-refractivity contribution < 1.29 is 19.1 Å². The van der Waals surface area contributed by atoms with Crippen molar-refractivity contribution in [2.75, 3.05) is 19.8 Å². The number of carbonyl (C=O) groups excluding carboxylic acids is 2. The van der Waals surface area contributed by atoms with Gasteiger partial charge in [-0.05, 0) is 61.6 Å². The minimum atomic E-state index is -0.572. The molecule has 0 unspecified atom stereocenters. The highest BCUT2D eigenvalue weighted by atomic mass is 16.6. The molecule has 1 amide bonds. The average Bonchev–Trinajstić information content (AvgIpc) is 2.62. The Kier molecular flexibility index (Phi) is 7.21. The second-order valence-electron chi connectivity index (χ2n) is 6.22. The predicted octanol–water partition coefficient (Wildman–Crippen LogP) is 2.89. The molecule has 0 aliphatic carbocycles. The molecule has 138 valence electrons. The first-order valence-electron chi connectivity index (χ1n) is 8.62. The van der Waals surface area contributed by atoms with Crippen LogP contribution in [0.15, 0.2) is 42.5 Å². The zero-order valence-electron chi connectivity index (χ0n) is 15.5. The fourth-order valence-electron chi connectivity index (χ4n) is 2.41. The molecule has 0 atom stereocenters. The lowest BCUT2D eigenvalue weighted by molar-refractivity contribution is -0.150. The Hall–Kier alpha value is -2.82. The molecule has 0 heterocycles. The van der Waals surface area contributed by atoms with Gasteiger partial charge in [0.15, 0.2) is 13.2 Å². The van der Waals surface area contributed by atoms with Gasteiger partial charge in [-0.3, -0.25) is 4.79 Å². The van der Waals surface area contributed by atoms with Crippen molar-refractivity contribution in [3.63, 3.8) is 0 Å². The molecule has 0 saturated heterocycles. The first-order chi connectivity index (χ1) is 12.5. The molecule has 1 N–H and O–H groups in total. The molecule has 0 radical (unpaired) electrons. The number of rotatable bonds is 8. The van der Waals surface area contributed by atoms with E-state index in [0.29, 0.717) is 12.3 Å². The lowest BCUT2D eigenvalue weighted by Gasteiger charge is -2.09. The second kappa shape index (κ2) is 9.61. The van der Waals surface area contributed by atoms with Crippen LogP contribution in [0.4, 0.5) is 0 Å². The highest BCUT2D eigenvalue weighted by Gasteiger charge is 2.09. The normalized spacial score (nSPS) is 10.3. The van der Waals surface area contributed by atoms with Crippen LogP contribution < -0.4 is 10.1 Å². The van der Waals surface area contributed by atoms with Crippen molar-refractivity contribution in [2.45, 2.75) is 27.2 Å². The van der Waals surface area contributed by atoms with Gasteiger partial charge in [-0.15, -0.1) is 0 Å². The first kappa shape index (κ1) is 19.5. The molecule has 0 aliphatic rings. The summed E-state index contributed by atoms with van der Waals surface area (Å²) in [6.45, 7) is 5.99. The van der Waals surface area contributed by atoms with Gasteiger partial charge in [-0.2, -0.15) is 0 Å². The van der Waals surface area contributed by atoms with E-state index in [4.69, 9.17) is 9.47 Å². The summed E-state index contributed by atoms with van der Waals surface area (Å²) in [4.78, 5) is 23.4. The summed E-state index contributed by atoms with van der Waals surface area (Å²) in [6, 6.07) is 13.6. The molecule has 5 nitrogen and oxygen atoms in total. The maximum Gasteiger partial charge on any atom is 0.344 e. The summed E-state index contributed by atoms with van der Waals surface area (Å²) < 4.78 is 10.3. The number of nitrogens with one attached hydrogen (secondary N) is 1. The van der Waals surface area contributed by atoms with Crippen molar-refractivity contribution >= 4 is 11.9 Å². The van der Waals surface area contributed by atoms with Crippen LogP contribution in [0.3, 0.4) is 0 Å². The lowest BCUT2D eigenvalue weighted by Crippen LogP contribution is -2.31. The monoisotopic (exact) mass is 355 g/mol. The second-order valence-corrected chi connectivity index (χ2v) is 6.22. The fraction of sp³-hybridized carbons (Fsp3) is 0.333. The molecular weight excluding hydrogens is 330 g/mol. The topological polar surface area (TPSA) is 64.6 Å². The van der Waals surface area contributed by atoms with Crippen LogP contribution in [0.2, 0.25) is 0 Å². The summed E-state index contributed by atoms with van der Waals surface area (Å²) >= 11 is 0. The van der Waals surface area contributed by atoms with E-state index in [9.17, 15) is 9.59 Å². The van der Waals surface area contributed by atoms with Crippen molar-refractivity contribution in [2.24, 2.45) is 0 Å². The van der Waals surface area contributed by atoms with E-state index < -0.39 is 5.97 Å². The minimum absolute atomic E-state index is 0.223. The molecule has 0 saturated carbocycles. The Morgan fingerprint density at radius 2 is 1.69 bits per heavy atom. The van der Waals surface area contributed by atoms with Crippen LogP contribution in [0, 0.1) is 20.8 Å². The summed E-state index contributed by atoms with van der Waals surface area (Å²) in [5.74, 6) is -0.289. The third-order valence-electron chi connectivity index (χ3n) is 4.18. The number of amides is 1. The van der Waals surface area contributed by atoms with Crippen molar-refractivity contribution in [3.8, 4) is 5.75 Å². The smallest absolute Gasteiger partial charge is 0.344 e. The predicted molar refractivity (Wildman–Crippen MR) is 100 cm³/mol. The van der Waals surface area contributed by atoms with E-state index in [1.54, 1.807) is 6.07 Å². The Morgan fingerprint density at radius 1 is 0.923 bits per heavy atom. The van der Waals surface area contributed by atoms with Crippen molar-refractivity contribution in [1.29, 1.82) is 0 Å². The van der Waals surface area contributed by atoms with Gasteiger partial charge in [-0.1, -0.05) is 30.3 Å². The quantitative estimate of drug-likeness (QED) is 0.740. The van der Waals surface area contributed by atoms with Gasteiger partial charge in [0.05, 0.1) is 0 Å². The van der Waals surface area contributed by atoms with Crippen LogP contribution in [-0.4, -0.2) is 31.6 Å². The van der Waals surface area contributed by atoms with E-state index in [0.717, 1.165) is 17.5 Å². The van der Waals surface area contributed by atoms with Crippen LogP contribution in [-0.2, 0) is 20.7 Å². The SMILES string of the molecule is Cc1ccc(OCC(=O)OCC(=O)NCCc2ccccc2C)cc1C. The van der Waals surface area contributed by atoms with E-state index in [1.807, 2.05) is 57.2 Å². The fourth-order valence-corrected chi connectivity index (χ4v) is 2.41. The van der Waals surface area contributed by atoms with Crippen LogP contribution in [0.25, 0.3) is 0 Å². The van der Waals surface area contributed by atoms with Gasteiger partial charge in [0, 0.05) is 6.54 Å². The van der Waals surface area contributed by atoms with Gasteiger partial charge >= 0.3 is 5.97 Å². The van der Waals surface area contributed by atoms with E-state index in [-0.39, 0.29) is 19.1 Å². The van der Waals surface area contributed by atoms with Gasteiger partial charge in [0.1, 0.15) is 5.75 Å². The summed E-state index contributed by atoms with van der Waals surface area (Å²) in [7, 11) is 0. The summed E-state index contributed by atoms with van der Waals surface area (Å²) in [5.41, 5.74) is 4.62. The van der Waals surface area contributed by atoms with Crippen LogP contribution in [0.5, 0.6) is 5.75 Å². The van der Waals surface area contributed by atoms with Gasteiger partial charge < -0.3 is 14.8 Å². The zero-order valence-corrected chi connectivity index (χ0v) is 15.5. The van der Waals surface area contributed by atoms with Gasteiger partial charge in [0.2, 0.25) is 0 Å². The number of aryl methyl sites for hydroxylation is 3. The molecular formula is C21H25NO4. The molecule has 0 bridgehead atoms. The van der Waals surface area contributed by atoms with Crippen molar-refractivity contribution in [1.82, 2.24) is 5.32 Å². The Labute approximate surface area is 154 Å². The zero-order chi connectivity index (χ0) is 18.9. The lowest BCUT2D eigenvalue weighted by atomic mass is 10.1. The molecule has 0 aliphatic heterocycles. The molecule has 2 aromatic carbocycles. The molecule has 26 heavy (non-hydrogen) atoms. The Bertz CT molecular complexity index is 770. The number of benzene rings is 2. The van der Waals surface area contributed by atoms with Crippen LogP contribution >= 0.6 is 0 Å². The molecule has 0 fully saturated rings. The van der Waals surface area contributed by atoms with E-state index >= 15 is 0 Å². The largest absolute Gasteiger partial charge is 0.482 e. The molecule has 2 rings (SSSR count). The van der Waals surface area contributed by atoms with Gasteiger partial charge in [0.25, 0.3) is 5.91 Å². The minimum Gasteiger partial charge on any atom is -0.482 e. The highest BCUT2D eigenvalue weighted by Crippen LogP contribution is 2.16. The maximum absolute atomic E-state index is 11.7. The van der Waals surface area contributed by atoms with E-state index in [1.165, 1.54) is 11.1 Å².